The Balaban J connectivity index is 1.30. The van der Waals surface area contributed by atoms with E-state index in [0.717, 1.165) is 24.1 Å². The van der Waals surface area contributed by atoms with Crippen molar-refractivity contribution in [1.82, 2.24) is 19.7 Å². The van der Waals surface area contributed by atoms with Gasteiger partial charge in [-0.2, -0.15) is 0 Å². The van der Waals surface area contributed by atoms with E-state index in [0.29, 0.717) is 18.9 Å². The van der Waals surface area contributed by atoms with Crippen molar-refractivity contribution < 1.29 is 18.3 Å². The molecule has 0 spiro atoms. The molecule has 0 bridgehead atoms. The highest BCUT2D eigenvalue weighted by Crippen LogP contribution is 2.32. The maximum atomic E-state index is 12.7. The molecule has 1 saturated heterocycles. The number of hydrogen-bond acceptors (Lipinski definition) is 6. The van der Waals surface area contributed by atoms with Gasteiger partial charge in [-0.1, -0.05) is 35.8 Å². The Bertz CT molecular complexity index is 954. The van der Waals surface area contributed by atoms with Crippen LogP contribution in [0.1, 0.15) is 62.1 Å². The second-order valence-electron chi connectivity index (χ2n) is 8.77. The first kappa shape index (κ1) is 22.4. The van der Waals surface area contributed by atoms with Crippen molar-refractivity contribution in [1.29, 1.82) is 0 Å². The molecule has 3 atom stereocenters. The van der Waals surface area contributed by atoms with E-state index in [-0.39, 0.29) is 17.6 Å². The second kappa shape index (κ2) is 9.77. The van der Waals surface area contributed by atoms with Gasteiger partial charge in [-0.25, -0.2) is 13.1 Å². The van der Waals surface area contributed by atoms with Crippen molar-refractivity contribution in [2.45, 2.75) is 87.5 Å². The van der Waals surface area contributed by atoms with Gasteiger partial charge in [0.1, 0.15) is 0 Å². The van der Waals surface area contributed by atoms with Crippen LogP contribution in [0.25, 0.3) is 0 Å². The molecule has 1 aromatic carbocycles. The summed E-state index contributed by atoms with van der Waals surface area (Å²) in [6, 6.07) is 6.28. The molecule has 2 aromatic rings. The summed E-state index contributed by atoms with van der Waals surface area (Å²) in [5.41, 5.74) is 2.08. The molecule has 2 fully saturated rings. The molecule has 8 nitrogen and oxygen atoms in total. The van der Waals surface area contributed by atoms with E-state index in [2.05, 4.69) is 15.0 Å². The van der Waals surface area contributed by atoms with Gasteiger partial charge >= 0.3 is 0 Å². The minimum atomic E-state index is -3.66. The number of aliphatic hydroxyl groups excluding tert-OH is 1. The predicted molar refractivity (Wildman–Crippen MR) is 116 cm³/mol. The number of nitrogens with zero attached hydrogens (tertiary/aromatic N) is 3. The third-order valence-electron chi connectivity index (χ3n) is 6.44. The molecule has 1 saturated carbocycles. The lowest BCUT2D eigenvalue weighted by molar-refractivity contribution is -0.0891. The summed E-state index contributed by atoms with van der Waals surface area (Å²) in [6.45, 7) is 2.38. The third kappa shape index (κ3) is 5.52. The first-order valence-electron chi connectivity index (χ1n) is 11.2. The number of aromatic nitrogens is 3. The smallest absolute Gasteiger partial charge is 0.240 e. The molecule has 0 radical (unpaired) electrons. The van der Waals surface area contributed by atoms with Gasteiger partial charge in [0.25, 0.3) is 0 Å². The Morgan fingerprint density at radius 1 is 1.16 bits per heavy atom. The Labute approximate surface area is 184 Å². The number of rotatable bonds is 8. The van der Waals surface area contributed by atoms with Gasteiger partial charge in [-0.15, -0.1) is 5.10 Å². The van der Waals surface area contributed by atoms with E-state index in [9.17, 15) is 13.5 Å². The van der Waals surface area contributed by atoms with Crippen LogP contribution >= 0.6 is 0 Å². The molecule has 1 aromatic heterocycles. The molecule has 0 amide bonds. The minimum Gasteiger partial charge on any atom is -0.394 e. The van der Waals surface area contributed by atoms with Crippen molar-refractivity contribution in [2.24, 2.45) is 0 Å². The summed E-state index contributed by atoms with van der Waals surface area (Å²) in [7, 11) is -3.66. The molecule has 9 heteroatoms. The number of hydrogen-bond donors (Lipinski definition) is 2. The largest absolute Gasteiger partial charge is 0.394 e. The predicted octanol–water partition coefficient (Wildman–Crippen LogP) is 2.52. The van der Waals surface area contributed by atoms with Gasteiger partial charge < -0.3 is 9.84 Å². The van der Waals surface area contributed by atoms with Crippen molar-refractivity contribution in [3.63, 3.8) is 0 Å². The molecule has 1 aliphatic carbocycles. The summed E-state index contributed by atoms with van der Waals surface area (Å²) in [5, 5.41) is 18.4. The van der Waals surface area contributed by atoms with Crippen LogP contribution in [0.15, 0.2) is 35.4 Å². The van der Waals surface area contributed by atoms with Crippen molar-refractivity contribution >= 4 is 10.0 Å². The number of aliphatic hydroxyl groups is 1. The maximum absolute atomic E-state index is 12.7. The molecule has 2 aliphatic rings. The highest BCUT2D eigenvalue weighted by Gasteiger charge is 2.34. The first-order valence-corrected chi connectivity index (χ1v) is 12.7. The SMILES string of the molecule is Cc1ccc(S(=O)(=O)N[C@@H]2CC[C@@H](CCn3cc(C4CCCC4)nn3)O[C@@H]2CO)cc1. The van der Waals surface area contributed by atoms with E-state index >= 15 is 0 Å². The van der Waals surface area contributed by atoms with Crippen LogP contribution in [0, 0.1) is 6.92 Å². The van der Waals surface area contributed by atoms with Crippen molar-refractivity contribution in [2.75, 3.05) is 6.61 Å². The number of aryl methyl sites for hydroxylation is 2. The molecular weight excluding hydrogens is 416 g/mol. The second-order valence-corrected chi connectivity index (χ2v) is 10.5. The van der Waals surface area contributed by atoms with Gasteiger partial charge in [0.2, 0.25) is 10.0 Å². The summed E-state index contributed by atoms with van der Waals surface area (Å²) in [6.07, 6.45) is 8.45. The van der Waals surface area contributed by atoms with Crippen LogP contribution in [-0.4, -0.2) is 53.4 Å². The third-order valence-corrected chi connectivity index (χ3v) is 7.95. The Morgan fingerprint density at radius 3 is 2.61 bits per heavy atom. The number of nitrogens with one attached hydrogen (secondary N) is 1. The van der Waals surface area contributed by atoms with E-state index in [4.69, 9.17) is 4.74 Å². The summed E-state index contributed by atoms with van der Waals surface area (Å²) < 4.78 is 36.1. The fourth-order valence-corrected chi connectivity index (χ4v) is 5.87. The average Bonchev–Trinajstić information content (AvgIpc) is 3.45. The Hall–Kier alpha value is -1.81. The van der Waals surface area contributed by atoms with Crippen LogP contribution in [0.5, 0.6) is 0 Å². The van der Waals surface area contributed by atoms with Crippen molar-refractivity contribution in [3.8, 4) is 0 Å². The number of sulfonamides is 1. The average molecular weight is 449 g/mol. The highest BCUT2D eigenvalue weighted by atomic mass is 32.2. The standard InChI is InChI=1S/C22H32N4O4S/c1-16-6-9-19(10-7-16)31(28,29)24-20-11-8-18(30-22(20)15-27)12-13-26-14-21(23-25-26)17-4-2-3-5-17/h6-7,9-10,14,17-18,20,22,24,27H,2-5,8,11-13,15H2,1H3/t18-,20+,22+/m0/s1. The molecule has 0 unspecified atom stereocenters. The number of benzene rings is 1. The van der Waals surface area contributed by atoms with Gasteiger partial charge in [-0.3, -0.25) is 4.68 Å². The van der Waals surface area contributed by atoms with Crippen LogP contribution in [0.4, 0.5) is 0 Å². The maximum Gasteiger partial charge on any atom is 0.240 e. The zero-order chi connectivity index (χ0) is 21.8. The van der Waals surface area contributed by atoms with Crippen molar-refractivity contribution in [3.05, 3.63) is 41.7 Å². The zero-order valence-corrected chi connectivity index (χ0v) is 18.8. The molecule has 1 aliphatic heterocycles. The van der Waals surface area contributed by atoms with E-state index in [1.807, 2.05) is 17.8 Å². The van der Waals surface area contributed by atoms with Gasteiger partial charge in [0.05, 0.1) is 35.4 Å². The number of ether oxygens (including phenoxy) is 1. The van der Waals surface area contributed by atoms with Gasteiger partial charge in [-0.05, 0) is 51.2 Å². The monoisotopic (exact) mass is 448 g/mol. The highest BCUT2D eigenvalue weighted by molar-refractivity contribution is 7.89. The zero-order valence-electron chi connectivity index (χ0n) is 18.0. The lowest BCUT2D eigenvalue weighted by Crippen LogP contribution is -2.50. The molecule has 31 heavy (non-hydrogen) atoms. The summed E-state index contributed by atoms with van der Waals surface area (Å²) >= 11 is 0. The van der Waals surface area contributed by atoms with Crippen LogP contribution in [0.2, 0.25) is 0 Å². The lowest BCUT2D eigenvalue weighted by Gasteiger charge is -2.36. The first-order chi connectivity index (χ1) is 14.9. The minimum absolute atomic E-state index is 0.0450. The van der Waals surface area contributed by atoms with Crippen LogP contribution in [0.3, 0.4) is 0 Å². The summed E-state index contributed by atoms with van der Waals surface area (Å²) in [4.78, 5) is 0.223. The van der Waals surface area contributed by atoms with E-state index in [1.165, 1.54) is 25.7 Å². The van der Waals surface area contributed by atoms with E-state index < -0.39 is 22.2 Å². The fourth-order valence-electron chi connectivity index (χ4n) is 4.57. The quantitative estimate of drug-likeness (QED) is 0.643. The van der Waals surface area contributed by atoms with Crippen LogP contribution < -0.4 is 4.72 Å². The molecule has 4 rings (SSSR count). The lowest BCUT2D eigenvalue weighted by atomic mass is 9.98. The molecular formula is C22H32N4O4S. The fraction of sp³-hybridized carbons (Fsp3) is 0.636. The van der Waals surface area contributed by atoms with Gasteiger partial charge in [0, 0.05) is 18.7 Å². The Morgan fingerprint density at radius 2 is 1.90 bits per heavy atom. The molecule has 2 heterocycles. The Kier molecular flexibility index (Phi) is 7.05. The molecule has 170 valence electrons. The molecule has 2 N–H and O–H groups in total. The van der Waals surface area contributed by atoms with Crippen LogP contribution in [-0.2, 0) is 21.3 Å². The summed E-state index contributed by atoms with van der Waals surface area (Å²) in [5.74, 6) is 0.542. The van der Waals surface area contributed by atoms with Gasteiger partial charge in [0.15, 0.2) is 0 Å². The van der Waals surface area contributed by atoms with E-state index in [1.54, 1.807) is 24.3 Å². The topological polar surface area (TPSA) is 106 Å². The normalized spacial score (nSPS) is 25.2.